The third kappa shape index (κ3) is 3.17. The lowest BCUT2D eigenvalue weighted by molar-refractivity contribution is 0.196. The Bertz CT molecular complexity index is 1140. The smallest absolute Gasteiger partial charge is 0.232 e. The molecule has 7 heteroatoms. The number of fused-ring (bicyclic) bond motifs is 2. The molecule has 0 aliphatic heterocycles. The minimum atomic E-state index is -0.546. The Kier molecular flexibility index (Phi) is 4.37. The molecule has 0 saturated heterocycles. The number of methoxy groups -OCH3 is 1. The molecule has 2 heterocycles. The highest BCUT2D eigenvalue weighted by Gasteiger charge is 2.15. The molecule has 4 aromatic rings. The molecule has 27 heavy (non-hydrogen) atoms. The first-order valence-electron chi connectivity index (χ1n) is 8.37. The average Bonchev–Trinajstić information content (AvgIpc) is 3.07. The van der Waals surface area contributed by atoms with E-state index in [0.29, 0.717) is 33.6 Å². The highest BCUT2D eigenvalue weighted by atomic mass is 19.1. The second kappa shape index (κ2) is 6.85. The normalized spacial score (nSPS) is 11.3. The first-order valence-corrected chi connectivity index (χ1v) is 8.37. The van der Waals surface area contributed by atoms with Crippen LogP contribution in [0.5, 0.6) is 11.6 Å². The second-order valence-corrected chi connectivity index (χ2v) is 6.10. The Balaban J connectivity index is 1.86. The number of aliphatic hydroxyl groups is 1. The van der Waals surface area contributed by atoms with Crippen molar-refractivity contribution in [2.45, 2.75) is 6.92 Å². The van der Waals surface area contributed by atoms with Gasteiger partial charge in [-0.2, -0.15) is 0 Å². The molecule has 0 atom stereocenters. The fraction of sp³-hybridized carbons (Fsp3) is 0.200. The molecule has 1 N–H and O–H groups in total. The molecule has 0 spiro atoms. The average molecular weight is 368 g/mol. The molecule has 0 saturated carbocycles. The number of halogens is 1. The minimum Gasteiger partial charge on any atom is -0.488 e. The van der Waals surface area contributed by atoms with Crippen LogP contribution in [0.15, 0.2) is 40.9 Å². The van der Waals surface area contributed by atoms with Crippen molar-refractivity contribution < 1.29 is 23.4 Å². The molecule has 0 bridgehead atoms. The molecule has 2 aromatic carbocycles. The van der Waals surface area contributed by atoms with Gasteiger partial charge in [-0.15, -0.1) is 0 Å². The number of benzene rings is 2. The van der Waals surface area contributed by atoms with Gasteiger partial charge in [-0.3, -0.25) is 0 Å². The molecule has 4 rings (SSSR count). The molecule has 0 aliphatic rings. The molecule has 2 aromatic heterocycles. The van der Waals surface area contributed by atoms with Crippen molar-refractivity contribution in [1.82, 2.24) is 9.97 Å². The third-order valence-electron chi connectivity index (χ3n) is 4.16. The molecular formula is C20H17FN2O4. The van der Waals surface area contributed by atoms with Gasteiger partial charge in [0.2, 0.25) is 5.88 Å². The van der Waals surface area contributed by atoms with Crippen LogP contribution in [0, 0.1) is 12.7 Å². The van der Waals surface area contributed by atoms with Crippen molar-refractivity contribution in [2.24, 2.45) is 0 Å². The lowest BCUT2D eigenvalue weighted by atomic mass is 10.1. The molecular weight excluding hydrogens is 351 g/mol. The van der Waals surface area contributed by atoms with Crippen molar-refractivity contribution in [2.75, 3.05) is 20.3 Å². The van der Waals surface area contributed by atoms with Crippen LogP contribution in [0.3, 0.4) is 0 Å². The highest BCUT2D eigenvalue weighted by Crippen LogP contribution is 2.35. The van der Waals surface area contributed by atoms with Crippen molar-refractivity contribution >= 4 is 22.0 Å². The Labute approximate surface area is 154 Å². The van der Waals surface area contributed by atoms with Crippen LogP contribution in [0.2, 0.25) is 0 Å². The van der Waals surface area contributed by atoms with E-state index >= 15 is 0 Å². The van der Waals surface area contributed by atoms with Crippen LogP contribution < -0.4 is 9.47 Å². The molecule has 138 valence electrons. The number of hydrogen-bond acceptors (Lipinski definition) is 6. The molecule has 0 unspecified atom stereocenters. The lowest BCUT2D eigenvalue weighted by Crippen LogP contribution is -2.02. The van der Waals surface area contributed by atoms with E-state index in [-0.39, 0.29) is 19.0 Å². The minimum absolute atomic E-state index is 0.0209. The predicted molar refractivity (Wildman–Crippen MR) is 98.6 cm³/mol. The monoisotopic (exact) mass is 368 g/mol. The second-order valence-electron chi connectivity index (χ2n) is 6.10. The number of aryl methyl sites for hydroxylation is 1. The number of hydrogen-bond donors (Lipinski definition) is 1. The van der Waals surface area contributed by atoms with E-state index in [4.69, 9.17) is 19.0 Å². The van der Waals surface area contributed by atoms with Gasteiger partial charge in [-0.1, -0.05) is 0 Å². The molecule has 0 aliphatic carbocycles. The van der Waals surface area contributed by atoms with E-state index in [2.05, 4.69) is 9.97 Å². The van der Waals surface area contributed by atoms with Gasteiger partial charge in [-0.05, 0) is 36.8 Å². The number of aromatic nitrogens is 2. The van der Waals surface area contributed by atoms with E-state index in [9.17, 15) is 4.39 Å². The quantitative estimate of drug-likeness (QED) is 0.576. The first kappa shape index (κ1) is 17.2. The van der Waals surface area contributed by atoms with Crippen molar-refractivity contribution in [3.8, 4) is 23.0 Å². The van der Waals surface area contributed by atoms with Gasteiger partial charge in [0.05, 0.1) is 30.9 Å². The Morgan fingerprint density at radius 3 is 2.81 bits per heavy atom. The van der Waals surface area contributed by atoms with Crippen molar-refractivity contribution in [3.05, 3.63) is 47.9 Å². The van der Waals surface area contributed by atoms with Crippen LogP contribution >= 0.6 is 0 Å². The van der Waals surface area contributed by atoms with Crippen LogP contribution in [0.4, 0.5) is 4.39 Å². The summed E-state index contributed by atoms with van der Waals surface area (Å²) in [5.41, 5.74) is 3.49. The summed E-state index contributed by atoms with van der Waals surface area (Å²) < 4.78 is 30.4. The lowest BCUT2D eigenvalue weighted by Gasteiger charge is -2.06. The van der Waals surface area contributed by atoms with Gasteiger partial charge in [0.25, 0.3) is 0 Å². The van der Waals surface area contributed by atoms with Gasteiger partial charge in [0.15, 0.2) is 11.6 Å². The van der Waals surface area contributed by atoms with E-state index in [0.717, 1.165) is 11.1 Å². The fourth-order valence-corrected chi connectivity index (χ4v) is 2.97. The van der Waals surface area contributed by atoms with Crippen molar-refractivity contribution in [1.29, 1.82) is 0 Å². The van der Waals surface area contributed by atoms with Gasteiger partial charge in [0.1, 0.15) is 18.0 Å². The van der Waals surface area contributed by atoms with Gasteiger partial charge >= 0.3 is 0 Å². The van der Waals surface area contributed by atoms with Crippen LogP contribution in [-0.4, -0.2) is 35.4 Å². The highest BCUT2D eigenvalue weighted by molar-refractivity contribution is 5.94. The number of aliphatic hydroxyl groups excluding tert-OH is 1. The number of rotatable bonds is 5. The van der Waals surface area contributed by atoms with Gasteiger partial charge in [-0.25, -0.2) is 14.4 Å². The fourth-order valence-electron chi connectivity index (χ4n) is 2.97. The SMILES string of the molecule is COc1cnc2c(-c3cc4cc(OCCO)c(F)cc4o3)cc(C)cc2n1. The third-order valence-corrected chi connectivity index (χ3v) is 4.16. The first-order chi connectivity index (χ1) is 13.1. The van der Waals surface area contributed by atoms with E-state index in [1.165, 1.54) is 13.2 Å². The number of ether oxygens (including phenoxy) is 2. The summed E-state index contributed by atoms with van der Waals surface area (Å²) in [4.78, 5) is 8.87. The number of furan rings is 1. The zero-order valence-electron chi connectivity index (χ0n) is 14.8. The molecule has 0 fully saturated rings. The van der Waals surface area contributed by atoms with Gasteiger partial charge < -0.3 is 19.0 Å². The molecule has 0 amide bonds. The standard InChI is InChI=1S/C20H17FN2O4/c1-11-5-13(20-15(6-11)23-19(25-2)10-22-20)17-7-12-8-18(26-4-3-24)14(21)9-16(12)27-17/h5-10,24H,3-4H2,1-2H3. The van der Waals surface area contributed by atoms with E-state index in [1.807, 2.05) is 19.1 Å². The maximum absolute atomic E-state index is 14.2. The molecule has 6 nitrogen and oxygen atoms in total. The summed E-state index contributed by atoms with van der Waals surface area (Å²) in [5.74, 6) is 0.506. The summed E-state index contributed by atoms with van der Waals surface area (Å²) >= 11 is 0. The topological polar surface area (TPSA) is 77.6 Å². The summed E-state index contributed by atoms with van der Waals surface area (Å²) in [5, 5.41) is 9.55. The summed E-state index contributed by atoms with van der Waals surface area (Å²) in [6, 6.07) is 8.50. The Hall–Kier alpha value is -3.19. The van der Waals surface area contributed by atoms with Crippen LogP contribution in [0.1, 0.15) is 5.56 Å². The van der Waals surface area contributed by atoms with Crippen LogP contribution in [-0.2, 0) is 0 Å². The number of nitrogens with zero attached hydrogens (tertiary/aromatic N) is 2. The summed E-state index contributed by atoms with van der Waals surface area (Å²) in [6.07, 6.45) is 1.55. The summed E-state index contributed by atoms with van der Waals surface area (Å²) in [7, 11) is 1.54. The zero-order chi connectivity index (χ0) is 19.0. The Morgan fingerprint density at radius 2 is 2.04 bits per heavy atom. The summed E-state index contributed by atoms with van der Waals surface area (Å²) in [6.45, 7) is 1.78. The van der Waals surface area contributed by atoms with E-state index in [1.54, 1.807) is 18.3 Å². The predicted octanol–water partition coefficient (Wildman–Crippen LogP) is 3.87. The maximum atomic E-state index is 14.2. The van der Waals surface area contributed by atoms with Crippen LogP contribution in [0.25, 0.3) is 33.3 Å². The van der Waals surface area contributed by atoms with Gasteiger partial charge in [0, 0.05) is 17.0 Å². The van der Waals surface area contributed by atoms with E-state index < -0.39 is 5.82 Å². The maximum Gasteiger partial charge on any atom is 0.232 e. The van der Waals surface area contributed by atoms with Crippen molar-refractivity contribution in [3.63, 3.8) is 0 Å². The molecule has 0 radical (unpaired) electrons. The Morgan fingerprint density at radius 1 is 1.19 bits per heavy atom. The zero-order valence-corrected chi connectivity index (χ0v) is 14.8. The largest absolute Gasteiger partial charge is 0.488 e.